The summed E-state index contributed by atoms with van der Waals surface area (Å²) in [5.41, 5.74) is 3.12. The van der Waals surface area contributed by atoms with Crippen LogP contribution in [0.1, 0.15) is 42.4 Å². The lowest BCUT2D eigenvalue weighted by molar-refractivity contribution is 0.154. The van der Waals surface area contributed by atoms with Crippen LogP contribution >= 0.6 is 27.3 Å². The molecule has 20 heavy (non-hydrogen) atoms. The smallest absolute Gasteiger partial charge is 0.136 e. The van der Waals surface area contributed by atoms with Crippen molar-refractivity contribution in [2.24, 2.45) is 0 Å². The molecule has 0 saturated carbocycles. The molecule has 1 N–H and O–H groups in total. The van der Waals surface area contributed by atoms with Gasteiger partial charge in [-0.3, -0.25) is 4.98 Å². The molecule has 2 atom stereocenters. The molecule has 106 valence electrons. The Morgan fingerprint density at radius 3 is 3.15 bits per heavy atom. The van der Waals surface area contributed by atoms with Gasteiger partial charge in [0.15, 0.2) is 0 Å². The van der Waals surface area contributed by atoms with Crippen LogP contribution in [0.4, 0.5) is 0 Å². The molecule has 0 saturated heterocycles. The highest BCUT2D eigenvalue weighted by Gasteiger charge is 2.29. The molecule has 1 aromatic carbocycles. The van der Waals surface area contributed by atoms with E-state index in [1.165, 1.54) is 10.4 Å². The first kappa shape index (κ1) is 14.0. The minimum absolute atomic E-state index is 0.0960. The van der Waals surface area contributed by atoms with E-state index < -0.39 is 0 Å². The van der Waals surface area contributed by atoms with Crippen molar-refractivity contribution in [3.63, 3.8) is 0 Å². The largest absolute Gasteiger partial charge is 0.484 e. The third-order valence-corrected chi connectivity index (χ3v) is 4.84. The van der Waals surface area contributed by atoms with E-state index in [0.29, 0.717) is 6.04 Å². The van der Waals surface area contributed by atoms with E-state index in [1.54, 1.807) is 11.3 Å². The molecular weight excluding hydrogens is 336 g/mol. The van der Waals surface area contributed by atoms with Crippen molar-refractivity contribution < 1.29 is 4.74 Å². The molecule has 5 heteroatoms. The predicted octanol–water partition coefficient (Wildman–Crippen LogP) is 4.47. The number of aromatic nitrogens is 1. The van der Waals surface area contributed by atoms with Crippen molar-refractivity contribution in [1.82, 2.24) is 10.3 Å². The molecule has 0 fully saturated rings. The van der Waals surface area contributed by atoms with E-state index in [9.17, 15) is 0 Å². The molecule has 0 bridgehead atoms. The third kappa shape index (κ3) is 2.90. The normalized spacial score (nSPS) is 21.3. The molecule has 1 aliphatic rings. The molecule has 0 spiro atoms. The topological polar surface area (TPSA) is 34.2 Å². The monoisotopic (exact) mass is 352 g/mol. The maximum atomic E-state index is 6.17. The number of hydrogen-bond acceptors (Lipinski definition) is 4. The Morgan fingerprint density at radius 2 is 2.40 bits per heavy atom. The van der Waals surface area contributed by atoms with Crippen molar-refractivity contribution in [2.45, 2.75) is 31.9 Å². The molecule has 3 nitrogen and oxygen atoms in total. The van der Waals surface area contributed by atoms with Crippen LogP contribution < -0.4 is 10.1 Å². The molecule has 2 heterocycles. The number of rotatable bonds is 4. The predicted molar refractivity (Wildman–Crippen MR) is 85.3 cm³/mol. The number of nitrogens with zero attached hydrogens (tertiary/aromatic N) is 1. The van der Waals surface area contributed by atoms with Crippen LogP contribution in [-0.2, 0) is 0 Å². The Hall–Kier alpha value is -0.910. The zero-order chi connectivity index (χ0) is 13.9. The van der Waals surface area contributed by atoms with E-state index in [-0.39, 0.29) is 6.10 Å². The molecular formula is C15H17BrN2OS. The van der Waals surface area contributed by atoms with Gasteiger partial charge < -0.3 is 10.1 Å². The minimum atomic E-state index is 0.0960. The van der Waals surface area contributed by atoms with Gasteiger partial charge in [0.25, 0.3) is 0 Å². The highest BCUT2D eigenvalue weighted by atomic mass is 79.9. The van der Waals surface area contributed by atoms with Crippen molar-refractivity contribution >= 4 is 27.3 Å². The zero-order valence-electron chi connectivity index (χ0n) is 11.3. The third-order valence-electron chi connectivity index (χ3n) is 3.48. The van der Waals surface area contributed by atoms with E-state index >= 15 is 0 Å². The number of thiazole rings is 1. The summed E-state index contributed by atoms with van der Waals surface area (Å²) in [7, 11) is 0. The summed E-state index contributed by atoms with van der Waals surface area (Å²) in [5.74, 6) is 0.970. The second kappa shape index (κ2) is 6.24. The fraction of sp³-hybridized carbons (Fsp3) is 0.400. The summed E-state index contributed by atoms with van der Waals surface area (Å²) in [6, 6.07) is 6.63. The summed E-state index contributed by atoms with van der Waals surface area (Å²) in [6.45, 7) is 3.21. The van der Waals surface area contributed by atoms with Crippen LogP contribution in [0.25, 0.3) is 0 Å². The Morgan fingerprint density at radius 1 is 1.50 bits per heavy atom. The first-order valence-corrected chi connectivity index (χ1v) is 8.53. The average Bonchev–Trinajstić information content (AvgIpc) is 2.98. The lowest BCUT2D eigenvalue weighted by Gasteiger charge is -2.32. The molecule has 2 unspecified atom stereocenters. The first-order chi connectivity index (χ1) is 9.78. The van der Waals surface area contributed by atoms with Crippen molar-refractivity contribution in [3.8, 4) is 5.75 Å². The lowest BCUT2D eigenvalue weighted by atomic mass is 9.96. The fourth-order valence-electron chi connectivity index (χ4n) is 2.51. The maximum absolute atomic E-state index is 6.17. The van der Waals surface area contributed by atoms with Gasteiger partial charge in [0, 0.05) is 28.7 Å². The zero-order valence-corrected chi connectivity index (χ0v) is 13.7. The Bertz CT molecular complexity index is 573. The molecule has 2 aromatic rings. The molecule has 1 aromatic heterocycles. The van der Waals surface area contributed by atoms with Crippen LogP contribution in [0.15, 0.2) is 34.4 Å². The number of ether oxygens (including phenoxy) is 1. The van der Waals surface area contributed by atoms with E-state index in [1.807, 2.05) is 11.7 Å². The summed E-state index contributed by atoms with van der Waals surface area (Å²) in [4.78, 5) is 5.36. The Labute approximate surface area is 131 Å². The highest BCUT2D eigenvalue weighted by molar-refractivity contribution is 9.10. The van der Waals surface area contributed by atoms with E-state index in [2.05, 4.69) is 51.4 Å². The van der Waals surface area contributed by atoms with Crippen LogP contribution in [0.3, 0.4) is 0 Å². The summed E-state index contributed by atoms with van der Waals surface area (Å²) in [5, 5.41) is 3.63. The van der Waals surface area contributed by atoms with Crippen LogP contribution in [-0.4, -0.2) is 11.5 Å². The van der Waals surface area contributed by atoms with E-state index in [0.717, 1.165) is 29.6 Å². The number of hydrogen-bond donors (Lipinski definition) is 1. The minimum Gasteiger partial charge on any atom is -0.484 e. The standard InChI is InChI=1S/C15H17BrN2OS/c1-2-5-18-12-7-14(15-8-17-9-20-15)19-13-6-10(16)3-4-11(12)13/h3-4,6,8-9,12,14,18H,2,5,7H2,1H3. The van der Waals surface area contributed by atoms with E-state index in [4.69, 9.17) is 4.74 Å². The second-order valence-corrected chi connectivity index (χ2v) is 6.77. The van der Waals surface area contributed by atoms with Gasteiger partial charge >= 0.3 is 0 Å². The SMILES string of the molecule is CCCNC1CC(c2cncs2)Oc2cc(Br)ccc21. The van der Waals surface area contributed by atoms with Crippen molar-refractivity contribution in [1.29, 1.82) is 0 Å². The summed E-state index contributed by atoms with van der Waals surface area (Å²) in [6.07, 6.45) is 4.10. The fourth-order valence-corrected chi connectivity index (χ4v) is 3.51. The Balaban J connectivity index is 1.90. The van der Waals surface area contributed by atoms with Gasteiger partial charge in [-0.25, -0.2) is 0 Å². The van der Waals surface area contributed by atoms with Gasteiger partial charge in [-0.15, -0.1) is 11.3 Å². The summed E-state index contributed by atoms with van der Waals surface area (Å²) < 4.78 is 7.22. The number of benzene rings is 1. The van der Waals surface area contributed by atoms with Gasteiger partial charge in [0.2, 0.25) is 0 Å². The molecule has 0 radical (unpaired) electrons. The van der Waals surface area contributed by atoms with Crippen molar-refractivity contribution in [3.05, 3.63) is 44.8 Å². The van der Waals surface area contributed by atoms with Gasteiger partial charge in [-0.2, -0.15) is 0 Å². The number of halogens is 1. The first-order valence-electron chi connectivity index (χ1n) is 6.85. The molecule has 1 aliphatic heterocycles. The average molecular weight is 353 g/mol. The molecule has 0 aliphatic carbocycles. The van der Waals surface area contributed by atoms with Gasteiger partial charge in [0.1, 0.15) is 11.9 Å². The van der Waals surface area contributed by atoms with Gasteiger partial charge in [0.05, 0.1) is 10.4 Å². The Kier molecular flexibility index (Phi) is 4.38. The van der Waals surface area contributed by atoms with Crippen molar-refractivity contribution in [2.75, 3.05) is 6.54 Å². The number of nitrogens with one attached hydrogen (secondary N) is 1. The quantitative estimate of drug-likeness (QED) is 0.881. The lowest BCUT2D eigenvalue weighted by Crippen LogP contribution is -2.29. The maximum Gasteiger partial charge on any atom is 0.136 e. The summed E-state index contributed by atoms with van der Waals surface area (Å²) >= 11 is 5.18. The van der Waals surface area contributed by atoms with Crippen LogP contribution in [0.5, 0.6) is 5.75 Å². The number of fused-ring (bicyclic) bond motifs is 1. The van der Waals surface area contributed by atoms with Crippen LogP contribution in [0, 0.1) is 0 Å². The molecule has 0 amide bonds. The second-order valence-electron chi connectivity index (χ2n) is 4.93. The molecule has 3 rings (SSSR count). The van der Waals surface area contributed by atoms with Crippen LogP contribution in [0.2, 0.25) is 0 Å². The highest BCUT2D eigenvalue weighted by Crippen LogP contribution is 2.42. The van der Waals surface area contributed by atoms with Gasteiger partial charge in [-0.05, 0) is 25.1 Å². The van der Waals surface area contributed by atoms with Gasteiger partial charge in [-0.1, -0.05) is 28.9 Å².